The molecule has 5 nitrogen and oxygen atoms in total. The normalized spacial score (nSPS) is 11.0. The molecule has 1 heterocycles. The van der Waals surface area contributed by atoms with Crippen LogP contribution in [0.25, 0.3) is 0 Å². The molecule has 15 heavy (non-hydrogen) atoms. The van der Waals surface area contributed by atoms with Crippen molar-refractivity contribution in [3.63, 3.8) is 0 Å². The Morgan fingerprint density at radius 3 is 2.60 bits per heavy atom. The van der Waals surface area contributed by atoms with Crippen LogP contribution in [-0.4, -0.2) is 23.0 Å². The summed E-state index contributed by atoms with van der Waals surface area (Å²) in [5, 5.41) is 4.23. The van der Waals surface area contributed by atoms with E-state index in [0.29, 0.717) is 5.88 Å². The van der Waals surface area contributed by atoms with Crippen molar-refractivity contribution in [3.05, 3.63) is 11.3 Å². The van der Waals surface area contributed by atoms with Gasteiger partial charge in [-0.15, -0.1) is 0 Å². The van der Waals surface area contributed by atoms with Crippen LogP contribution < -0.4 is 4.74 Å². The van der Waals surface area contributed by atoms with Gasteiger partial charge in [-0.05, 0) is 20.8 Å². The molecule has 0 aromatic carbocycles. The fourth-order valence-electron chi connectivity index (χ4n) is 1.75. The summed E-state index contributed by atoms with van der Waals surface area (Å²) in [7, 11) is 3.36. The van der Waals surface area contributed by atoms with Gasteiger partial charge in [0.25, 0.3) is 0 Å². The van der Waals surface area contributed by atoms with Crippen LogP contribution in [0.3, 0.4) is 0 Å². The number of methoxy groups -OCH3 is 1. The number of aliphatic imine (C=N–C) groups is 1. The fraction of sp³-hybridized carbons (Fsp3) is 0.600. The lowest BCUT2D eigenvalue weighted by molar-refractivity contribution is 0.359. The number of carbonyl (C=O) groups excluding carboxylic acids is 1. The van der Waals surface area contributed by atoms with Gasteiger partial charge < -0.3 is 4.74 Å². The first kappa shape index (κ1) is 11.5. The molecule has 82 valence electrons. The Morgan fingerprint density at radius 1 is 1.53 bits per heavy atom. The third kappa shape index (κ3) is 1.92. The van der Waals surface area contributed by atoms with Crippen LogP contribution in [0.15, 0.2) is 4.99 Å². The SMILES string of the molecule is COc1c(C(C)(C)N=C=O)c(C)nn1C. The van der Waals surface area contributed by atoms with Crippen molar-refractivity contribution in [1.29, 1.82) is 0 Å². The zero-order valence-electron chi connectivity index (χ0n) is 9.66. The van der Waals surface area contributed by atoms with Crippen molar-refractivity contribution in [3.8, 4) is 5.88 Å². The van der Waals surface area contributed by atoms with Gasteiger partial charge >= 0.3 is 0 Å². The lowest BCUT2D eigenvalue weighted by Gasteiger charge is -2.18. The number of hydrogen-bond donors (Lipinski definition) is 0. The van der Waals surface area contributed by atoms with Crippen molar-refractivity contribution in [2.24, 2.45) is 12.0 Å². The number of rotatable bonds is 3. The fourth-order valence-corrected chi connectivity index (χ4v) is 1.75. The highest BCUT2D eigenvalue weighted by atomic mass is 16.5. The standard InChI is InChI=1S/C10H15N3O2/c1-7-8(10(2,3)11-6-14)9(15-5)13(4)12-7/h1-5H3. The van der Waals surface area contributed by atoms with Crippen molar-refractivity contribution in [2.75, 3.05) is 7.11 Å². The minimum atomic E-state index is -0.661. The molecule has 0 aliphatic rings. The molecule has 0 saturated carbocycles. The van der Waals surface area contributed by atoms with Crippen LogP contribution in [0.4, 0.5) is 0 Å². The van der Waals surface area contributed by atoms with Crippen molar-refractivity contribution >= 4 is 6.08 Å². The maximum absolute atomic E-state index is 10.4. The Labute approximate surface area is 88.8 Å². The van der Waals surface area contributed by atoms with Gasteiger partial charge in [0.15, 0.2) is 0 Å². The van der Waals surface area contributed by atoms with Gasteiger partial charge in [-0.25, -0.2) is 9.48 Å². The van der Waals surface area contributed by atoms with E-state index in [0.717, 1.165) is 11.3 Å². The Balaban J connectivity index is 3.41. The van der Waals surface area contributed by atoms with Crippen LogP contribution in [0.5, 0.6) is 5.88 Å². The average molecular weight is 209 g/mol. The van der Waals surface area contributed by atoms with Gasteiger partial charge in [-0.3, -0.25) is 0 Å². The molecule has 1 aromatic rings. The van der Waals surface area contributed by atoms with E-state index < -0.39 is 5.54 Å². The predicted octanol–water partition coefficient (Wildman–Crippen LogP) is 1.31. The molecule has 1 aromatic heterocycles. The first-order chi connectivity index (χ1) is 6.94. The molecular formula is C10H15N3O2. The quantitative estimate of drug-likeness (QED) is 0.557. The molecule has 5 heteroatoms. The van der Waals surface area contributed by atoms with E-state index in [4.69, 9.17) is 4.74 Å². The van der Waals surface area contributed by atoms with Gasteiger partial charge in [0, 0.05) is 7.05 Å². The van der Waals surface area contributed by atoms with E-state index in [-0.39, 0.29) is 0 Å². The summed E-state index contributed by atoms with van der Waals surface area (Å²) in [6, 6.07) is 0. The van der Waals surface area contributed by atoms with E-state index >= 15 is 0 Å². The zero-order chi connectivity index (χ0) is 11.6. The molecule has 0 aliphatic carbocycles. The van der Waals surface area contributed by atoms with Gasteiger partial charge in [0.1, 0.15) is 0 Å². The number of ether oxygens (including phenoxy) is 1. The molecule has 0 unspecified atom stereocenters. The minimum Gasteiger partial charge on any atom is -0.481 e. The molecule has 1 rings (SSSR count). The first-order valence-electron chi connectivity index (χ1n) is 4.61. The molecule has 0 spiro atoms. The highest BCUT2D eigenvalue weighted by molar-refractivity contribution is 5.42. The van der Waals surface area contributed by atoms with Crippen molar-refractivity contribution in [1.82, 2.24) is 9.78 Å². The summed E-state index contributed by atoms with van der Waals surface area (Å²) in [6.07, 6.45) is 1.58. The second kappa shape index (κ2) is 3.87. The number of isocyanates is 1. The molecule has 0 radical (unpaired) electrons. The molecule has 0 amide bonds. The summed E-state index contributed by atoms with van der Waals surface area (Å²) in [5.74, 6) is 0.622. The third-order valence-electron chi connectivity index (χ3n) is 2.30. The molecule has 0 N–H and O–H groups in total. The van der Waals surface area contributed by atoms with E-state index in [1.165, 1.54) is 0 Å². The summed E-state index contributed by atoms with van der Waals surface area (Å²) in [5.41, 5.74) is 0.958. The van der Waals surface area contributed by atoms with Crippen LogP contribution in [0.1, 0.15) is 25.1 Å². The molecule has 0 saturated heterocycles. The Hall–Kier alpha value is -1.61. The summed E-state index contributed by atoms with van der Waals surface area (Å²) < 4.78 is 6.87. The van der Waals surface area contributed by atoms with Crippen molar-refractivity contribution in [2.45, 2.75) is 26.3 Å². The van der Waals surface area contributed by atoms with Crippen LogP contribution in [0, 0.1) is 6.92 Å². The van der Waals surface area contributed by atoms with Gasteiger partial charge in [-0.2, -0.15) is 10.1 Å². The lowest BCUT2D eigenvalue weighted by atomic mass is 9.95. The zero-order valence-corrected chi connectivity index (χ0v) is 9.66. The average Bonchev–Trinajstić information content (AvgIpc) is 2.40. The summed E-state index contributed by atoms with van der Waals surface area (Å²) in [6.45, 7) is 5.51. The minimum absolute atomic E-state index is 0.622. The van der Waals surface area contributed by atoms with E-state index in [1.54, 1.807) is 24.9 Å². The predicted molar refractivity (Wildman–Crippen MR) is 55.6 cm³/mol. The lowest BCUT2D eigenvalue weighted by Crippen LogP contribution is -2.15. The highest BCUT2D eigenvalue weighted by Gasteiger charge is 2.29. The highest BCUT2D eigenvalue weighted by Crippen LogP contribution is 2.34. The molecule has 0 aliphatic heterocycles. The number of aryl methyl sites for hydroxylation is 2. The van der Waals surface area contributed by atoms with Crippen LogP contribution in [0.2, 0.25) is 0 Å². The second-order valence-corrected chi connectivity index (χ2v) is 3.86. The summed E-state index contributed by atoms with van der Waals surface area (Å²) in [4.78, 5) is 14.1. The second-order valence-electron chi connectivity index (χ2n) is 3.86. The number of nitrogens with zero attached hydrogens (tertiary/aromatic N) is 3. The molecule has 0 bridgehead atoms. The topological polar surface area (TPSA) is 56.5 Å². The van der Waals surface area contributed by atoms with E-state index in [2.05, 4.69) is 10.1 Å². The third-order valence-corrected chi connectivity index (χ3v) is 2.30. The molecule has 0 atom stereocenters. The first-order valence-corrected chi connectivity index (χ1v) is 4.61. The Bertz CT molecular complexity index is 415. The van der Waals surface area contributed by atoms with Gasteiger partial charge in [-0.1, -0.05) is 0 Å². The largest absolute Gasteiger partial charge is 0.481 e. The smallest absolute Gasteiger partial charge is 0.235 e. The maximum atomic E-state index is 10.4. The van der Waals surface area contributed by atoms with E-state index in [9.17, 15) is 4.79 Å². The van der Waals surface area contributed by atoms with Gasteiger partial charge in [0.05, 0.1) is 23.9 Å². The monoisotopic (exact) mass is 209 g/mol. The summed E-state index contributed by atoms with van der Waals surface area (Å²) >= 11 is 0. The Morgan fingerprint density at radius 2 is 2.13 bits per heavy atom. The molecule has 0 fully saturated rings. The van der Waals surface area contributed by atoms with Crippen LogP contribution in [-0.2, 0) is 17.4 Å². The van der Waals surface area contributed by atoms with Gasteiger partial charge in [0.2, 0.25) is 12.0 Å². The Kier molecular flexibility index (Phi) is 2.95. The van der Waals surface area contributed by atoms with Crippen molar-refractivity contribution < 1.29 is 9.53 Å². The number of hydrogen-bond acceptors (Lipinski definition) is 4. The van der Waals surface area contributed by atoms with E-state index in [1.807, 2.05) is 20.8 Å². The maximum Gasteiger partial charge on any atom is 0.235 e. The molecular weight excluding hydrogens is 194 g/mol. The number of aromatic nitrogens is 2. The van der Waals surface area contributed by atoms with Crippen LogP contribution >= 0.6 is 0 Å².